The lowest BCUT2D eigenvalue weighted by Crippen LogP contribution is -1.89. The van der Waals surface area contributed by atoms with Crippen molar-refractivity contribution in [3.63, 3.8) is 0 Å². The zero-order chi connectivity index (χ0) is 10.1. The van der Waals surface area contributed by atoms with Crippen molar-refractivity contribution >= 4 is 0 Å². The van der Waals surface area contributed by atoms with Crippen molar-refractivity contribution in [1.82, 2.24) is 0 Å². The SMILES string of the molecule is c1ccc2c(c1)COCc1ccccc1-2. The molecule has 15 heavy (non-hydrogen) atoms. The van der Waals surface area contributed by atoms with Gasteiger partial charge in [-0.2, -0.15) is 0 Å². The maximum absolute atomic E-state index is 5.65. The number of hydrogen-bond donors (Lipinski definition) is 0. The highest BCUT2D eigenvalue weighted by molar-refractivity contribution is 5.71. The Morgan fingerprint density at radius 3 is 1.67 bits per heavy atom. The highest BCUT2D eigenvalue weighted by Crippen LogP contribution is 2.30. The van der Waals surface area contributed by atoms with Gasteiger partial charge in [0.25, 0.3) is 0 Å². The molecule has 2 aromatic carbocycles. The molecule has 74 valence electrons. The molecule has 0 fully saturated rings. The smallest absolute Gasteiger partial charge is 0.0727 e. The predicted octanol–water partition coefficient (Wildman–Crippen LogP) is 3.38. The first-order valence-electron chi connectivity index (χ1n) is 5.19. The van der Waals surface area contributed by atoms with Crippen LogP contribution in [0.2, 0.25) is 0 Å². The summed E-state index contributed by atoms with van der Waals surface area (Å²) >= 11 is 0. The van der Waals surface area contributed by atoms with Gasteiger partial charge in [-0.1, -0.05) is 48.5 Å². The summed E-state index contributed by atoms with van der Waals surface area (Å²) in [6.07, 6.45) is 0. The van der Waals surface area contributed by atoms with E-state index in [9.17, 15) is 0 Å². The van der Waals surface area contributed by atoms with Crippen LogP contribution in [0.15, 0.2) is 48.5 Å². The van der Waals surface area contributed by atoms with E-state index in [1.807, 2.05) is 0 Å². The quantitative estimate of drug-likeness (QED) is 0.627. The van der Waals surface area contributed by atoms with E-state index in [1.165, 1.54) is 22.3 Å². The van der Waals surface area contributed by atoms with Gasteiger partial charge in [0.15, 0.2) is 0 Å². The molecule has 0 N–H and O–H groups in total. The van der Waals surface area contributed by atoms with Crippen LogP contribution in [-0.2, 0) is 18.0 Å². The van der Waals surface area contributed by atoms with Crippen molar-refractivity contribution in [2.75, 3.05) is 0 Å². The number of fused-ring (bicyclic) bond motifs is 3. The second-order valence-electron chi connectivity index (χ2n) is 3.81. The van der Waals surface area contributed by atoms with Crippen LogP contribution in [-0.4, -0.2) is 0 Å². The molecular formula is C14H12O. The van der Waals surface area contributed by atoms with Crippen molar-refractivity contribution in [1.29, 1.82) is 0 Å². The van der Waals surface area contributed by atoms with Crippen LogP contribution in [0.3, 0.4) is 0 Å². The highest BCUT2D eigenvalue weighted by Gasteiger charge is 2.12. The molecule has 1 nitrogen and oxygen atoms in total. The van der Waals surface area contributed by atoms with Gasteiger partial charge in [0, 0.05) is 0 Å². The Labute approximate surface area is 89.3 Å². The lowest BCUT2D eigenvalue weighted by molar-refractivity contribution is 0.110. The fourth-order valence-corrected chi connectivity index (χ4v) is 2.09. The fourth-order valence-electron chi connectivity index (χ4n) is 2.09. The first-order chi connectivity index (χ1) is 7.45. The molecule has 0 radical (unpaired) electrons. The van der Waals surface area contributed by atoms with Gasteiger partial charge in [-0.3, -0.25) is 0 Å². The Kier molecular flexibility index (Phi) is 2.04. The van der Waals surface area contributed by atoms with E-state index in [0.717, 1.165) is 0 Å². The average molecular weight is 196 g/mol. The highest BCUT2D eigenvalue weighted by atomic mass is 16.5. The lowest BCUT2D eigenvalue weighted by Gasteiger charge is -2.06. The summed E-state index contributed by atoms with van der Waals surface area (Å²) in [5.74, 6) is 0. The number of rotatable bonds is 0. The van der Waals surface area contributed by atoms with Crippen LogP contribution in [0.5, 0.6) is 0 Å². The van der Waals surface area contributed by atoms with Gasteiger partial charge in [-0.05, 0) is 22.3 Å². The van der Waals surface area contributed by atoms with Gasteiger partial charge in [-0.15, -0.1) is 0 Å². The number of ether oxygens (including phenoxy) is 1. The molecule has 0 unspecified atom stereocenters. The molecule has 0 spiro atoms. The van der Waals surface area contributed by atoms with Crippen LogP contribution in [0, 0.1) is 0 Å². The first-order valence-corrected chi connectivity index (χ1v) is 5.19. The Hall–Kier alpha value is -1.60. The molecule has 3 rings (SSSR count). The summed E-state index contributed by atoms with van der Waals surface area (Å²) in [5.41, 5.74) is 5.18. The van der Waals surface area contributed by atoms with Crippen molar-refractivity contribution in [3.05, 3.63) is 59.7 Å². The van der Waals surface area contributed by atoms with Gasteiger partial charge in [-0.25, -0.2) is 0 Å². The molecule has 0 aromatic heterocycles. The van der Waals surface area contributed by atoms with E-state index < -0.39 is 0 Å². The maximum Gasteiger partial charge on any atom is 0.0727 e. The molecule has 2 aromatic rings. The third kappa shape index (κ3) is 1.45. The Morgan fingerprint density at radius 2 is 1.13 bits per heavy atom. The Morgan fingerprint density at radius 1 is 0.667 bits per heavy atom. The van der Waals surface area contributed by atoms with Crippen LogP contribution in [0.4, 0.5) is 0 Å². The van der Waals surface area contributed by atoms with Gasteiger partial charge >= 0.3 is 0 Å². The summed E-state index contributed by atoms with van der Waals surface area (Å²) < 4.78 is 5.65. The minimum Gasteiger partial charge on any atom is -0.372 e. The number of hydrogen-bond acceptors (Lipinski definition) is 1. The molecule has 1 aliphatic heterocycles. The summed E-state index contributed by atoms with van der Waals surface area (Å²) in [5, 5.41) is 0. The average Bonchev–Trinajstić information content (AvgIpc) is 2.48. The maximum atomic E-state index is 5.65. The van der Waals surface area contributed by atoms with E-state index >= 15 is 0 Å². The Balaban J connectivity index is 2.27. The zero-order valence-corrected chi connectivity index (χ0v) is 8.44. The van der Waals surface area contributed by atoms with E-state index in [0.29, 0.717) is 13.2 Å². The minimum atomic E-state index is 0.713. The third-order valence-electron chi connectivity index (χ3n) is 2.84. The summed E-state index contributed by atoms with van der Waals surface area (Å²) in [6.45, 7) is 1.43. The van der Waals surface area contributed by atoms with E-state index in [4.69, 9.17) is 4.74 Å². The van der Waals surface area contributed by atoms with E-state index in [-0.39, 0.29) is 0 Å². The summed E-state index contributed by atoms with van der Waals surface area (Å²) in [4.78, 5) is 0. The van der Waals surface area contributed by atoms with Gasteiger partial charge in [0.1, 0.15) is 0 Å². The molecule has 1 heterocycles. The number of benzene rings is 2. The van der Waals surface area contributed by atoms with Crippen LogP contribution in [0.25, 0.3) is 11.1 Å². The topological polar surface area (TPSA) is 9.23 Å². The zero-order valence-electron chi connectivity index (χ0n) is 8.44. The molecule has 1 heteroatoms. The second kappa shape index (κ2) is 3.52. The second-order valence-corrected chi connectivity index (χ2v) is 3.81. The molecule has 0 saturated heterocycles. The summed E-state index contributed by atoms with van der Waals surface area (Å²) in [6, 6.07) is 16.9. The molecular weight excluding hydrogens is 184 g/mol. The van der Waals surface area contributed by atoms with E-state index in [1.54, 1.807) is 0 Å². The standard InChI is InChI=1S/C14H12O/c1-3-7-13-11(5-1)9-15-10-12-6-2-4-8-14(12)13/h1-8H,9-10H2. The molecule has 0 amide bonds. The van der Waals surface area contributed by atoms with Crippen LogP contribution >= 0.6 is 0 Å². The van der Waals surface area contributed by atoms with Crippen LogP contribution < -0.4 is 0 Å². The largest absolute Gasteiger partial charge is 0.372 e. The van der Waals surface area contributed by atoms with Crippen molar-refractivity contribution in [3.8, 4) is 11.1 Å². The minimum absolute atomic E-state index is 0.713. The monoisotopic (exact) mass is 196 g/mol. The van der Waals surface area contributed by atoms with Crippen LogP contribution in [0.1, 0.15) is 11.1 Å². The van der Waals surface area contributed by atoms with Gasteiger partial charge in [0.2, 0.25) is 0 Å². The predicted molar refractivity (Wildman–Crippen MR) is 60.4 cm³/mol. The lowest BCUT2D eigenvalue weighted by atomic mass is 9.97. The molecule has 1 aliphatic rings. The molecule has 0 aliphatic carbocycles. The van der Waals surface area contributed by atoms with Gasteiger partial charge in [0.05, 0.1) is 13.2 Å². The van der Waals surface area contributed by atoms with E-state index in [2.05, 4.69) is 48.5 Å². The van der Waals surface area contributed by atoms with Crippen molar-refractivity contribution in [2.24, 2.45) is 0 Å². The van der Waals surface area contributed by atoms with Crippen molar-refractivity contribution in [2.45, 2.75) is 13.2 Å². The Bertz CT molecular complexity index is 443. The third-order valence-corrected chi connectivity index (χ3v) is 2.84. The normalized spacial score (nSPS) is 13.9. The van der Waals surface area contributed by atoms with Crippen molar-refractivity contribution < 1.29 is 4.74 Å². The molecule has 0 bridgehead atoms. The molecule has 0 saturated carbocycles. The molecule has 0 atom stereocenters. The first kappa shape index (κ1) is 8.69. The van der Waals surface area contributed by atoms with Gasteiger partial charge < -0.3 is 4.74 Å². The summed E-state index contributed by atoms with van der Waals surface area (Å²) in [7, 11) is 0. The fraction of sp³-hybridized carbons (Fsp3) is 0.143.